The number of aliphatic hydroxyl groups is 1. The molecule has 3 fully saturated rings. The number of methoxy groups -OCH3 is 1. The van der Waals surface area contributed by atoms with Gasteiger partial charge in [0.15, 0.2) is 0 Å². The van der Waals surface area contributed by atoms with Gasteiger partial charge in [0.1, 0.15) is 11.9 Å². The van der Waals surface area contributed by atoms with Crippen molar-refractivity contribution in [3.63, 3.8) is 0 Å². The van der Waals surface area contributed by atoms with Crippen LogP contribution in [-0.2, 0) is 14.3 Å². The number of urea groups is 1. The zero-order chi connectivity index (χ0) is 24.1. The van der Waals surface area contributed by atoms with Gasteiger partial charge in [0.05, 0.1) is 51.5 Å². The van der Waals surface area contributed by atoms with Gasteiger partial charge < -0.3 is 39.3 Å². The Bertz CT molecular complexity index is 829. The molecular weight excluding hydrogens is 440 g/mol. The zero-order valence-corrected chi connectivity index (χ0v) is 20.0. The lowest BCUT2D eigenvalue weighted by Gasteiger charge is -2.44. The number of amides is 3. The van der Waals surface area contributed by atoms with Crippen LogP contribution < -0.4 is 10.1 Å². The second kappa shape index (κ2) is 11.4. The highest BCUT2D eigenvalue weighted by Gasteiger charge is 2.40. The minimum Gasteiger partial charge on any atom is -0.497 e. The van der Waals surface area contributed by atoms with E-state index < -0.39 is 6.10 Å². The van der Waals surface area contributed by atoms with Crippen molar-refractivity contribution in [3.8, 4) is 5.75 Å². The largest absolute Gasteiger partial charge is 0.497 e. The summed E-state index contributed by atoms with van der Waals surface area (Å²) in [5.41, 5.74) is 0.641. The third kappa shape index (κ3) is 6.18. The molecule has 1 aromatic rings. The highest BCUT2D eigenvalue weighted by Crippen LogP contribution is 2.29. The van der Waals surface area contributed by atoms with Crippen LogP contribution in [0.25, 0.3) is 0 Å². The van der Waals surface area contributed by atoms with Crippen molar-refractivity contribution in [3.05, 3.63) is 24.3 Å². The molecule has 3 saturated heterocycles. The summed E-state index contributed by atoms with van der Waals surface area (Å²) < 4.78 is 17.1. The third-order valence-electron chi connectivity index (χ3n) is 6.84. The molecule has 10 nitrogen and oxygen atoms in total. The van der Waals surface area contributed by atoms with Gasteiger partial charge in [-0.25, -0.2) is 4.79 Å². The highest BCUT2D eigenvalue weighted by atomic mass is 16.5. The molecule has 0 bridgehead atoms. The number of nitrogens with zero attached hydrogens (tertiary/aromatic N) is 3. The first-order chi connectivity index (χ1) is 16.4. The molecule has 4 atom stereocenters. The van der Waals surface area contributed by atoms with Crippen LogP contribution in [0.4, 0.5) is 10.5 Å². The number of carbonyl (C=O) groups is 2. The van der Waals surface area contributed by atoms with Gasteiger partial charge in [-0.15, -0.1) is 0 Å². The van der Waals surface area contributed by atoms with Crippen LogP contribution in [0.15, 0.2) is 24.3 Å². The monoisotopic (exact) mass is 476 g/mol. The normalized spacial score (nSPS) is 28.4. The fraction of sp³-hybridized carbons (Fsp3) is 0.667. The van der Waals surface area contributed by atoms with E-state index in [1.807, 2.05) is 4.90 Å². The molecule has 3 aliphatic rings. The summed E-state index contributed by atoms with van der Waals surface area (Å²) in [5.74, 6) is 0.822. The summed E-state index contributed by atoms with van der Waals surface area (Å²) in [4.78, 5) is 31.8. The number of aliphatic hydroxyl groups excluding tert-OH is 1. The number of hydrogen-bond acceptors (Lipinski definition) is 7. The van der Waals surface area contributed by atoms with E-state index in [1.54, 1.807) is 36.3 Å². The number of rotatable bonds is 4. The molecule has 188 valence electrons. The van der Waals surface area contributed by atoms with Gasteiger partial charge in [0.25, 0.3) is 0 Å². The molecule has 4 rings (SSSR count). The molecule has 0 saturated carbocycles. The number of fused-ring (bicyclic) bond motifs is 1. The summed E-state index contributed by atoms with van der Waals surface area (Å²) >= 11 is 0. The van der Waals surface area contributed by atoms with Crippen LogP contribution in [0, 0.1) is 0 Å². The second-order valence-electron chi connectivity index (χ2n) is 9.33. The minimum atomic E-state index is -0.779. The summed E-state index contributed by atoms with van der Waals surface area (Å²) in [6, 6.07) is 6.56. The summed E-state index contributed by atoms with van der Waals surface area (Å²) in [6.07, 6.45) is 0.355. The van der Waals surface area contributed by atoms with Crippen LogP contribution >= 0.6 is 0 Å². The van der Waals surface area contributed by atoms with Crippen LogP contribution in [0.3, 0.4) is 0 Å². The smallest absolute Gasteiger partial charge is 0.322 e. The molecule has 34 heavy (non-hydrogen) atoms. The lowest BCUT2D eigenvalue weighted by molar-refractivity contribution is -0.155. The van der Waals surface area contributed by atoms with Crippen LogP contribution in [0.2, 0.25) is 0 Å². The van der Waals surface area contributed by atoms with E-state index >= 15 is 0 Å². The van der Waals surface area contributed by atoms with Gasteiger partial charge in [-0.2, -0.15) is 0 Å². The molecule has 0 aromatic heterocycles. The van der Waals surface area contributed by atoms with Crippen molar-refractivity contribution in [1.29, 1.82) is 0 Å². The summed E-state index contributed by atoms with van der Waals surface area (Å²) in [6.45, 7) is 3.81. The van der Waals surface area contributed by atoms with Gasteiger partial charge in [0, 0.05) is 31.9 Å². The number of likely N-dealkylation sites (N-methyl/N-ethyl adjacent to an activating group) is 1. The average molecular weight is 477 g/mol. The summed E-state index contributed by atoms with van der Waals surface area (Å²) in [5, 5.41) is 13.2. The molecule has 2 N–H and O–H groups in total. The molecule has 3 heterocycles. The highest BCUT2D eigenvalue weighted by molar-refractivity contribution is 5.89. The van der Waals surface area contributed by atoms with Crippen molar-refractivity contribution < 1.29 is 28.9 Å². The van der Waals surface area contributed by atoms with Crippen molar-refractivity contribution >= 4 is 17.6 Å². The first-order valence-electron chi connectivity index (χ1n) is 12.0. The molecule has 1 aromatic carbocycles. The average Bonchev–Trinajstić information content (AvgIpc) is 2.82. The molecule has 3 aliphatic heterocycles. The van der Waals surface area contributed by atoms with Crippen molar-refractivity contribution in [2.75, 3.05) is 65.4 Å². The van der Waals surface area contributed by atoms with E-state index in [0.29, 0.717) is 30.7 Å². The third-order valence-corrected chi connectivity index (χ3v) is 6.84. The number of carbonyl (C=O) groups excluding carboxylic acids is 2. The maximum Gasteiger partial charge on any atom is 0.322 e. The number of ether oxygens (including phenoxy) is 3. The predicted octanol–water partition coefficient (Wildman–Crippen LogP) is 1.00. The number of hydrogen-bond donors (Lipinski definition) is 2. The minimum absolute atomic E-state index is 0.118. The Morgan fingerprint density at radius 1 is 1.12 bits per heavy atom. The first-order valence-corrected chi connectivity index (χ1v) is 12.0. The Hall–Kier alpha value is -2.40. The first kappa shape index (κ1) is 24.7. The van der Waals surface area contributed by atoms with Crippen molar-refractivity contribution in [2.45, 2.75) is 43.6 Å². The molecular formula is C24H36N4O6. The van der Waals surface area contributed by atoms with Gasteiger partial charge in [-0.3, -0.25) is 4.79 Å². The number of piperazine rings is 1. The number of nitrogens with one attached hydrogen (secondary N) is 1. The van der Waals surface area contributed by atoms with E-state index in [1.165, 1.54) is 0 Å². The van der Waals surface area contributed by atoms with E-state index in [4.69, 9.17) is 14.2 Å². The fourth-order valence-electron chi connectivity index (χ4n) is 4.82. The Morgan fingerprint density at radius 3 is 2.56 bits per heavy atom. The maximum absolute atomic E-state index is 13.2. The molecule has 3 amide bonds. The Balaban J connectivity index is 1.38. The predicted molar refractivity (Wildman–Crippen MR) is 126 cm³/mol. The van der Waals surface area contributed by atoms with E-state index in [0.717, 1.165) is 26.2 Å². The number of anilines is 1. The van der Waals surface area contributed by atoms with Crippen LogP contribution in [-0.4, -0.2) is 116 Å². The molecule has 0 unspecified atom stereocenters. The topological polar surface area (TPSA) is 104 Å². The van der Waals surface area contributed by atoms with Crippen LogP contribution in [0.1, 0.15) is 19.3 Å². The molecule has 10 heteroatoms. The number of benzene rings is 1. The van der Waals surface area contributed by atoms with Gasteiger partial charge in [-0.1, -0.05) is 0 Å². The van der Waals surface area contributed by atoms with E-state index in [-0.39, 0.29) is 49.9 Å². The maximum atomic E-state index is 13.2. The van der Waals surface area contributed by atoms with Crippen LogP contribution in [0.5, 0.6) is 5.75 Å². The number of β-amino-alcohol motifs (C(OH)–C–C–N with tert-alkyl or cyclic N) is 1. The summed E-state index contributed by atoms with van der Waals surface area (Å²) in [7, 11) is 3.65. The van der Waals surface area contributed by atoms with Gasteiger partial charge in [-0.05, 0) is 44.2 Å². The SMILES string of the molecule is COc1ccc(NC(=O)N2C[C@H](O)COC[C@H]3O[C@@H](CC(=O)N4CCN(C)CC4)CC[C@@H]32)cc1. The quantitative estimate of drug-likeness (QED) is 0.668. The van der Waals surface area contributed by atoms with E-state index in [9.17, 15) is 14.7 Å². The molecule has 0 spiro atoms. The Kier molecular flexibility index (Phi) is 8.25. The van der Waals surface area contributed by atoms with Gasteiger partial charge in [0.2, 0.25) is 5.91 Å². The molecule has 0 aliphatic carbocycles. The lowest BCUT2D eigenvalue weighted by atomic mass is 9.94. The fourth-order valence-corrected chi connectivity index (χ4v) is 4.82. The zero-order valence-electron chi connectivity index (χ0n) is 20.0. The van der Waals surface area contributed by atoms with Gasteiger partial charge >= 0.3 is 6.03 Å². The van der Waals surface area contributed by atoms with Crippen molar-refractivity contribution in [1.82, 2.24) is 14.7 Å². The lowest BCUT2D eigenvalue weighted by Crippen LogP contribution is -2.58. The second-order valence-corrected chi connectivity index (χ2v) is 9.33. The molecule has 0 radical (unpaired) electrons. The van der Waals surface area contributed by atoms with E-state index in [2.05, 4.69) is 17.3 Å². The van der Waals surface area contributed by atoms with Crippen molar-refractivity contribution in [2.24, 2.45) is 0 Å². The Morgan fingerprint density at radius 2 is 1.85 bits per heavy atom. The Labute approximate surface area is 200 Å². The standard InChI is InChI=1S/C24H36N4O6/c1-26-9-11-27(12-10-26)23(30)13-20-7-8-21-22(34-20)16-33-15-18(29)14-28(21)24(31)25-17-3-5-19(32-2)6-4-17/h3-6,18,20-22,29H,7-16H2,1-2H3,(H,25,31)/t18-,20+,21-,22+/m0/s1.